The van der Waals surface area contributed by atoms with E-state index in [9.17, 15) is 0 Å². The predicted octanol–water partition coefficient (Wildman–Crippen LogP) is 3.64. The number of unbranched alkanes of at least 4 members (excludes halogenated alkanes) is 3. The smallest absolute Gasteiger partial charge is 0.0536 e. The molecule has 0 amide bonds. The zero-order valence-electron chi connectivity index (χ0n) is 5.24. The van der Waals surface area contributed by atoms with Crippen LogP contribution in [0.15, 0.2) is 0 Å². The van der Waals surface area contributed by atoms with Gasteiger partial charge in [-0.05, 0) is 0 Å². The highest BCUT2D eigenvalue weighted by Crippen LogP contribution is 1.95. The summed E-state index contributed by atoms with van der Waals surface area (Å²) < 4.78 is 0. The van der Waals surface area contributed by atoms with Gasteiger partial charge in [0.15, 0.2) is 0 Å². The minimum atomic E-state index is 0. The third kappa shape index (κ3) is 16.3. The van der Waals surface area contributed by atoms with Crippen LogP contribution in [-0.2, 0) is 0 Å². The Labute approximate surface area is 60.1 Å². The van der Waals surface area contributed by atoms with Gasteiger partial charge in [0.25, 0.3) is 0 Å². The second kappa shape index (κ2) is 15.7. The molecule has 0 rings (SSSR count). The molecule has 0 aromatic heterocycles. The second-order valence-corrected chi connectivity index (χ2v) is 1.71. The molecule has 0 unspecified atom stereocenters. The van der Waals surface area contributed by atoms with Crippen LogP contribution in [0.25, 0.3) is 0 Å². The van der Waals surface area contributed by atoms with Crippen molar-refractivity contribution in [1.29, 1.82) is 0 Å². The summed E-state index contributed by atoms with van der Waals surface area (Å²) in [7, 11) is 0. The molecule has 0 aliphatic heterocycles. The van der Waals surface area contributed by atoms with Gasteiger partial charge in [-0.3, -0.25) is 0 Å². The van der Waals surface area contributed by atoms with Crippen molar-refractivity contribution in [2.75, 3.05) is 0 Å². The normalized spacial score (nSPS) is 6.75. The van der Waals surface area contributed by atoms with Crippen molar-refractivity contribution < 1.29 is 0 Å². The van der Waals surface area contributed by atoms with E-state index in [1.807, 2.05) is 0 Å². The Balaban J connectivity index is -0.000000125. The van der Waals surface area contributed by atoms with Gasteiger partial charge in [0, 0.05) is 0 Å². The van der Waals surface area contributed by atoms with Gasteiger partial charge in [-0.15, -0.1) is 12.4 Å². The first-order valence-corrected chi connectivity index (χ1v) is 2.91. The van der Waals surface area contributed by atoms with E-state index >= 15 is 0 Å². The number of hydrogen-bond acceptors (Lipinski definition) is 0. The zero-order chi connectivity index (χ0) is 4.83. The fourth-order valence-electron chi connectivity index (χ4n) is 0.500. The molecule has 0 N–H and O–H groups in total. The highest BCUT2D eigenvalue weighted by atomic mass is 35.5. The van der Waals surface area contributed by atoms with E-state index < -0.39 is 0 Å². The van der Waals surface area contributed by atoms with E-state index in [2.05, 4.69) is 13.8 Å². The minimum absolute atomic E-state index is 0. The molecular formula is C7H19Cl. The van der Waals surface area contributed by atoms with Gasteiger partial charge >= 0.3 is 0 Å². The number of halogens is 1. The Hall–Kier alpha value is 0.290. The van der Waals surface area contributed by atoms with Crippen molar-refractivity contribution in [3.05, 3.63) is 0 Å². The second-order valence-electron chi connectivity index (χ2n) is 1.71. The fourth-order valence-corrected chi connectivity index (χ4v) is 0.500. The summed E-state index contributed by atoms with van der Waals surface area (Å²) >= 11 is 0. The molecule has 0 aliphatic rings. The molecule has 0 nitrogen and oxygen atoms in total. The van der Waals surface area contributed by atoms with Crippen LogP contribution < -0.4 is 0 Å². The Morgan fingerprint density at radius 2 is 1.12 bits per heavy atom. The molecule has 8 heavy (non-hydrogen) atoms. The molecular weight excluding hydrogens is 120 g/mol. The van der Waals surface area contributed by atoms with E-state index in [4.69, 9.17) is 0 Å². The lowest BCUT2D eigenvalue weighted by atomic mass is 10.2. The molecule has 0 saturated heterocycles. The maximum Gasteiger partial charge on any atom is -0.0536 e. The topological polar surface area (TPSA) is 0 Å². The summed E-state index contributed by atoms with van der Waals surface area (Å²) in [6.45, 7) is 4.46. The van der Waals surface area contributed by atoms with Crippen molar-refractivity contribution in [2.24, 2.45) is 0 Å². The molecule has 1 heteroatoms. The molecule has 0 spiro atoms. The monoisotopic (exact) mass is 138 g/mol. The molecule has 0 saturated carbocycles. The molecule has 0 atom stereocenters. The molecule has 54 valence electrons. The van der Waals surface area contributed by atoms with Gasteiger partial charge in [-0.1, -0.05) is 47.0 Å². The first-order chi connectivity index (χ1) is 2.91. The first-order valence-electron chi connectivity index (χ1n) is 2.91. The Bertz CT molecular complexity index is 16.3. The van der Waals surface area contributed by atoms with E-state index in [1.54, 1.807) is 0 Å². The van der Waals surface area contributed by atoms with Crippen LogP contribution in [0, 0.1) is 0 Å². The maximum atomic E-state index is 2.23. The summed E-state index contributed by atoms with van der Waals surface area (Å²) in [5.41, 5.74) is 0. The van der Waals surface area contributed by atoms with Gasteiger partial charge in [0.05, 0.1) is 0 Å². The van der Waals surface area contributed by atoms with Crippen LogP contribution in [0.3, 0.4) is 0 Å². The molecule has 0 aliphatic carbocycles. The van der Waals surface area contributed by atoms with Crippen LogP contribution in [0.2, 0.25) is 0 Å². The van der Waals surface area contributed by atoms with Crippen molar-refractivity contribution >= 4 is 12.4 Å². The van der Waals surface area contributed by atoms with Crippen LogP contribution in [0.1, 0.15) is 47.0 Å². The molecule has 0 heterocycles. The largest absolute Gasteiger partial charge is 0.147 e. The Morgan fingerprint density at radius 1 is 0.875 bits per heavy atom. The first kappa shape index (κ1) is 15.7. The lowest BCUT2D eigenvalue weighted by molar-refractivity contribution is 0.702. The summed E-state index contributed by atoms with van der Waals surface area (Å²) in [5, 5.41) is 0. The van der Waals surface area contributed by atoms with Crippen molar-refractivity contribution in [3.63, 3.8) is 0 Å². The summed E-state index contributed by atoms with van der Waals surface area (Å²) in [4.78, 5) is 0. The van der Waals surface area contributed by atoms with Gasteiger partial charge < -0.3 is 0 Å². The highest BCUT2D eigenvalue weighted by molar-refractivity contribution is 5.85. The molecule has 0 fully saturated rings. The van der Waals surface area contributed by atoms with Gasteiger partial charge in [0.2, 0.25) is 0 Å². The van der Waals surface area contributed by atoms with Crippen molar-refractivity contribution in [2.45, 2.75) is 47.0 Å². The lowest BCUT2D eigenvalue weighted by Crippen LogP contribution is -1.66. The van der Waals surface area contributed by atoms with Crippen LogP contribution in [0.5, 0.6) is 0 Å². The third-order valence-electron chi connectivity index (χ3n) is 0.957. The fraction of sp³-hybridized carbons (Fsp3) is 1.00. The minimum Gasteiger partial charge on any atom is -0.147 e. The van der Waals surface area contributed by atoms with Gasteiger partial charge in [0.1, 0.15) is 0 Å². The quantitative estimate of drug-likeness (QED) is 0.523. The van der Waals surface area contributed by atoms with E-state index in [-0.39, 0.29) is 19.8 Å². The van der Waals surface area contributed by atoms with Crippen LogP contribution in [-0.4, -0.2) is 0 Å². The summed E-state index contributed by atoms with van der Waals surface area (Å²) in [6.07, 6.45) is 5.54. The van der Waals surface area contributed by atoms with Gasteiger partial charge in [-0.25, -0.2) is 0 Å². The molecule has 0 bridgehead atoms. The molecule has 0 aromatic rings. The van der Waals surface area contributed by atoms with Gasteiger partial charge in [-0.2, -0.15) is 0 Å². The Morgan fingerprint density at radius 3 is 1.25 bits per heavy atom. The van der Waals surface area contributed by atoms with Crippen LogP contribution >= 0.6 is 12.4 Å². The van der Waals surface area contributed by atoms with Crippen molar-refractivity contribution in [1.82, 2.24) is 0 Å². The summed E-state index contributed by atoms with van der Waals surface area (Å²) in [5.74, 6) is 0. The number of rotatable bonds is 3. The summed E-state index contributed by atoms with van der Waals surface area (Å²) in [6, 6.07) is 0. The average Bonchev–Trinajstić information content (AvgIpc) is 1.61. The third-order valence-corrected chi connectivity index (χ3v) is 0.957. The van der Waals surface area contributed by atoms with E-state index in [1.165, 1.54) is 25.7 Å². The standard InChI is InChI=1S/C6H14.CH4.ClH/c1-3-5-6-4-2;;/h3-6H2,1-2H3;1H4;1H. The van der Waals surface area contributed by atoms with E-state index in [0.717, 1.165) is 0 Å². The Kier molecular flexibility index (Phi) is 30.8. The predicted molar refractivity (Wildman–Crippen MR) is 43.8 cm³/mol. The lowest BCUT2D eigenvalue weighted by Gasteiger charge is -1.86. The van der Waals surface area contributed by atoms with E-state index in [0.29, 0.717) is 0 Å². The van der Waals surface area contributed by atoms with Crippen LogP contribution in [0.4, 0.5) is 0 Å². The molecule has 0 aromatic carbocycles. The average molecular weight is 139 g/mol. The maximum absolute atomic E-state index is 2.23. The number of hydrogen-bond donors (Lipinski definition) is 0. The SMILES string of the molecule is C.CCCCCC.Cl. The zero-order valence-corrected chi connectivity index (χ0v) is 6.05. The van der Waals surface area contributed by atoms with Crippen molar-refractivity contribution in [3.8, 4) is 0 Å². The molecule has 0 radical (unpaired) electrons. The highest BCUT2D eigenvalue weighted by Gasteiger charge is 1.75.